The number of nitrogens with one attached hydrogen (secondary N) is 2. The molecule has 0 aliphatic carbocycles. The second-order valence-electron chi connectivity index (χ2n) is 4.00. The van der Waals surface area contributed by atoms with Crippen LogP contribution in [0.1, 0.15) is 16.1 Å². The number of aromatic nitrogens is 1. The zero-order valence-corrected chi connectivity index (χ0v) is 13.1. The lowest BCUT2D eigenvalue weighted by Gasteiger charge is -2.08. The maximum absolute atomic E-state index is 12.2. The van der Waals surface area contributed by atoms with Gasteiger partial charge in [-0.05, 0) is 31.3 Å². The van der Waals surface area contributed by atoms with Crippen LogP contribution in [0.3, 0.4) is 0 Å². The van der Waals surface area contributed by atoms with Gasteiger partial charge in [0.25, 0.3) is 5.91 Å². The molecule has 1 aromatic carbocycles. The zero-order chi connectivity index (χ0) is 15.6. The van der Waals surface area contributed by atoms with Gasteiger partial charge in [-0.1, -0.05) is 34.4 Å². The van der Waals surface area contributed by atoms with Crippen molar-refractivity contribution in [2.45, 2.75) is 6.92 Å². The van der Waals surface area contributed by atoms with Crippen LogP contribution < -0.4 is 16.6 Å². The van der Waals surface area contributed by atoms with Crippen LogP contribution >= 0.6 is 35.4 Å². The van der Waals surface area contributed by atoms with Crippen LogP contribution in [0.5, 0.6) is 0 Å². The van der Waals surface area contributed by atoms with Gasteiger partial charge in [0.1, 0.15) is 17.0 Å². The van der Waals surface area contributed by atoms with Crippen molar-refractivity contribution in [3.05, 3.63) is 39.6 Å². The van der Waals surface area contributed by atoms with E-state index in [1.807, 2.05) is 0 Å². The molecule has 0 radical (unpaired) electrons. The first-order valence-corrected chi connectivity index (χ1v) is 6.84. The molecule has 1 aromatic heterocycles. The molecule has 0 spiro atoms. The van der Waals surface area contributed by atoms with Crippen LogP contribution in [-0.2, 0) is 0 Å². The quantitative estimate of drug-likeness (QED) is 0.572. The van der Waals surface area contributed by atoms with E-state index in [2.05, 4.69) is 28.2 Å². The Morgan fingerprint density at radius 3 is 2.52 bits per heavy atom. The van der Waals surface area contributed by atoms with Gasteiger partial charge in [-0.25, -0.2) is 0 Å². The molecule has 0 atom stereocenters. The van der Waals surface area contributed by atoms with E-state index in [0.717, 1.165) is 0 Å². The summed E-state index contributed by atoms with van der Waals surface area (Å²) in [6.07, 6.45) is 0. The van der Waals surface area contributed by atoms with E-state index in [1.165, 1.54) is 0 Å². The lowest BCUT2D eigenvalue weighted by atomic mass is 10.1. The number of benzene rings is 1. The molecule has 110 valence electrons. The predicted molar refractivity (Wildman–Crippen MR) is 84.1 cm³/mol. The molecular weight excluding hydrogens is 335 g/mol. The molecule has 0 aliphatic heterocycles. The van der Waals surface area contributed by atoms with Gasteiger partial charge in [0, 0.05) is 5.56 Å². The number of hydrogen-bond donors (Lipinski definition) is 3. The third kappa shape index (κ3) is 3.26. The Morgan fingerprint density at radius 2 is 1.95 bits per heavy atom. The van der Waals surface area contributed by atoms with Crippen molar-refractivity contribution in [3.63, 3.8) is 0 Å². The minimum absolute atomic E-state index is 0.0743. The summed E-state index contributed by atoms with van der Waals surface area (Å²) in [6, 6.07) is 4.97. The number of halogens is 2. The molecule has 9 heteroatoms. The monoisotopic (exact) mass is 344 g/mol. The third-order valence-electron chi connectivity index (χ3n) is 2.59. The smallest absolute Gasteiger partial charge is 0.275 e. The highest BCUT2D eigenvalue weighted by Gasteiger charge is 2.24. The van der Waals surface area contributed by atoms with Crippen molar-refractivity contribution in [1.82, 2.24) is 16.0 Å². The van der Waals surface area contributed by atoms with Crippen molar-refractivity contribution in [2.75, 3.05) is 0 Å². The van der Waals surface area contributed by atoms with Crippen molar-refractivity contribution in [3.8, 4) is 11.3 Å². The highest BCUT2D eigenvalue weighted by atomic mass is 35.5. The van der Waals surface area contributed by atoms with E-state index in [0.29, 0.717) is 21.4 Å². The largest absolute Gasteiger partial charge is 0.375 e. The summed E-state index contributed by atoms with van der Waals surface area (Å²) in [4.78, 5) is 12.2. The summed E-state index contributed by atoms with van der Waals surface area (Å²) in [5.74, 6) is -0.212. The number of nitrogens with zero attached hydrogens (tertiary/aromatic N) is 1. The number of nitrogens with two attached hydrogens (primary N) is 1. The fraction of sp³-hybridized carbons (Fsp3) is 0.0833. The van der Waals surface area contributed by atoms with Gasteiger partial charge in [-0.2, -0.15) is 0 Å². The Kier molecular flexibility index (Phi) is 4.66. The van der Waals surface area contributed by atoms with Gasteiger partial charge in [0.2, 0.25) is 0 Å². The number of rotatable bonds is 2. The highest BCUT2D eigenvalue weighted by molar-refractivity contribution is 7.80. The van der Waals surface area contributed by atoms with Crippen LogP contribution in [0.25, 0.3) is 11.3 Å². The topological polar surface area (TPSA) is 93.2 Å². The molecule has 0 saturated heterocycles. The van der Waals surface area contributed by atoms with Gasteiger partial charge in [-0.15, -0.1) is 0 Å². The van der Waals surface area contributed by atoms with E-state index < -0.39 is 5.91 Å². The number of aryl methyl sites for hydroxylation is 1. The zero-order valence-electron chi connectivity index (χ0n) is 10.7. The van der Waals surface area contributed by atoms with Gasteiger partial charge >= 0.3 is 0 Å². The van der Waals surface area contributed by atoms with Crippen molar-refractivity contribution < 1.29 is 9.32 Å². The maximum atomic E-state index is 12.2. The molecule has 0 fully saturated rings. The van der Waals surface area contributed by atoms with Crippen molar-refractivity contribution in [1.29, 1.82) is 0 Å². The van der Waals surface area contributed by atoms with Gasteiger partial charge in [0.05, 0.1) is 10.0 Å². The highest BCUT2D eigenvalue weighted by Crippen LogP contribution is 2.36. The summed E-state index contributed by atoms with van der Waals surface area (Å²) in [5, 5.41) is 4.49. The first-order chi connectivity index (χ1) is 9.91. The molecule has 4 N–H and O–H groups in total. The Bertz CT molecular complexity index is 697. The molecule has 2 rings (SSSR count). The summed E-state index contributed by atoms with van der Waals surface area (Å²) in [7, 11) is 0. The molecular formula is C12H10Cl2N4O2S. The van der Waals surface area contributed by atoms with Gasteiger partial charge in [-0.3, -0.25) is 15.6 Å². The van der Waals surface area contributed by atoms with E-state index >= 15 is 0 Å². The van der Waals surface area contributed by atoms with Crippen LogP contribution in [0.2, 0.25) is 10.0 Å². The number of hydrogen-bond acceptors (Lipinski definition) is 4. The van der Waals surface area contributed by atoms with Crippen molar-refractivity contribution >= 4 is 46.4 Å². The summed E-state index contributed by atoms with van der Waals surface area (Å²) < 4.78 is 5.07. The molecule has 0 bridgehead atoms. The van der Waals surface area contributed by atoms with E-state index in [9.17, 15) is 4.79 Å². The molecule has 0 aliphatic rings. The summed E-state index contributed by atoms with van der Waals surface area (Å²) >= 11 is 16.9. The van der Waals surface area contributed by atoms with Crippen LogP contribution in [0.15, 0.2) is 22.7 Å². The van der Waals surface area contributed by atoms with E-state index in [4.69, 9.17) is 33.5 Å². The molecule has 2 aromatic rings. The third-order valence-corrected chi connectivity index (χ3v) is 3.32. The number of carbonyl (C=O) groups is 1. The Hall–Kier alpha value is -1.83. The normalized spacial score (nSPS) is 10.2. The number of hydrazine groups is 1. The predicted octanol–water partition coefficient (Wildman–Crippen LogP) is 2.43. The second kappa shape index (κ2) is 6.30. The van der Waals surface area contributed by atoms with E-state index in [1.54, 1.807) is 25.1 Å². The molecule has 21 heavy (non-hydrogen) atoms. The van der Waals surface area contributed by atoms with Crippen molar-refractivity contribution in [2.24, 2.45) is 5.73 Å². The van der Waals surface area contributed by atoms with Gasteiger partial charge < -0.3 is 10.3 Å². The lowest BCUT2D eigenvalue weighted by molar-refractivity contribution is 0.0943. The minimum Gasteiger partial charge on any atom is -0.375 e. The first kappa shape index (κ1) is 15.6. The number of thiocarbonyl (C=S) groups is 1. The molecule has 1 amide bonds. The Morgan fingerprint density at radius 1 is 1.33 bits per heavy atom. The minimum atomic E-state index is -0.521. The van der Waals surface area contributed by atoms with Crippen LogP contribution in [0.4, 0.5) is 0 Å². The van der Waals surface area contributed by atoms with E-state index in [-0.39, 0.29) is 16.4 Å². The molecule has 1 heterocycles. The summed E-state index contributed by atoms with van der Waals surface area (Å²) in [5.41, 5.74) is 10.8. The average Bonchev–Trinajstić information content (AvgIpc) is 2.78. The standard InChI is InChI=1S/C12H10Cl2N4O2S/c1-5-8(11(19)16-17-12(15)21)10(18-20-5)9-6(13)3-2-4-7(9)14/h2-4H,1H3,(H,16,19)(H3,15,17,21). The fourth-order valence-electron chi connectivity index (χ4n) is 1.72. The summed E-state index contributed by atoms with van der Waals surface area (Å²) in [6.45, 7) is 1.59. The number of amides is 1. The fourth-order valence-corrected chi connectivity index (χ4v) is 2.34. The second-order valence-corrected chi connectivity index (χ2v) is 5.26. The number of carbonyl (C=O) groups excluding carboxylic acids is 1. The first-order valence-electron chi connectivity index (χ1n) is 5.68. The molecule has 6 nitrogen and oxygen atoms in total. The Balaban J connectivity index is 2.48. The Labute approximate surface area is 135 Å². The SMILES string of the molecule is Cc1onc(-c2c(Cl)cccc2Cl)c1C(=O)NNC(N)=S. The van der Waals surface area contributed by atoms with Gasteiger partial charge in [0.15, 0.2) is 5.11 Å². The maximum Gasteiger partial charge on any atom is 0.275 e. The van der Waals surface area contributed by atoms with Crippen LogP contribution in [-0.4, -0.2) is 16.2 Å². The molecule has 0 unspecified atom stereocenters. The van der Waals surface area contributed by atoms with Crippen LogP contribution in [0, 0.1) is 6.92 Å². The average molecular weight is 345 g/mol. The lowest BCUT2D eigenvalue weighted by Crippen LogP contribution is -2.44. The molecule has 0 saturated carbocycles.